The van der Waals surface area contributed by atoms with E-state index in [2.05, 4.69) is 42.7 Å². The molecule has 0 saturated heterocycles. The number of rotatable bonds is 6. The number of aromatic nitrogens is 2. The van der Waals surface area contributed by atoms with Crippen molar-refractivity contribution in [3.8, 4) is 0 Å². The van der Waals surface area contributed by atoms with Crippen molar-refractivity contribution in [2.24, 2.45) is 5.92 Å². The Labute approximate surface area is 114 Å². The van der Waals surface area contributed by atoms with Crippen molar-refractivity contribution >= 4 is 22.6 Å². The van der Waals surface area contributed by atoms with Gasteiger partial charge in [-0.1, -0.05) is 26.0 Å². The monoisotopic (exact) mass is 264 g/mol. The maximum Gasteiger partial charge on any atom is 0.109 e. The molecule has 0 N–H and O–H groups in total. The Kier molecular flexibility index (Phi) is 4.65. The molecule has 1 heterocycles. The second-order valence-electron chi connectivity index (χ2n) is 4.97. The number of aryl methyl sites for hydroxylation is 2. The summed E-state index contributed by atoms with van der Waals surface area (Å²) in [6.07, 6.45) is 3.26. The van der Waals surface area contributed by atoms with Gasteiger partial charge in [0.2, 0.25) is 0 Å². The van der Waals surface area contributed by atoms with Gasteiger partial charge in [-0.15, -0.1) is 11.6 Å². The summed E-state index contributed by atoms with van der Waals surface area (Å²) in [6.45, 7) is 5.45. The fourth-order valence-corrected chi connectivity index (χ4v) is 2.40. The Morgan fingerprint density at radius 2 is 2.11 bits per heavy atom. The highest BCUT2D eigenvalue weighted by Crippen LogP contribution is 2.19. The van der Waals surface area contributed by atoms with Crippen molar-refractivity contribution in [1.29, 1.82) is 0 Å². The molecular formula is C15H21ClN2. The van der Waals surface area contributed by atoms with Crippen molar-refractivity contribution in [2.75, 3.05) is 5.88 Å². The van der Waals surface area contributed by atoms with Crippen LogP contribution in [-0.4, -0.2) is 15.4 Å². The molecule has 0 aliphatic heterocycles. The molecular weight excluding hydrogens is 244 g/mol. The maximum absolute atomic E-state index is 5.87. The Hall–Kier alpha value is -1.02. The van der Waals surface area contributed by atoms with E-state index in [0.29, 0.717) is 5.92 Å². The summed E-state index contributed by atoms with van der Waals surface area (Å²) in [4.78, 5) is 4.76. The van der Waals surface area contributed by atoms with Crippen LogP contribution < -0.4 is 0 Å². The van der Waals surface area contributed by atoms with Crippen molar-refractivity contribution in [3.63, 3.8) is 0 Å². The molecule has 0 aliphatic rings. The van der Waals surface area contributed by atoms with E-state index in [1.54, 1.807) is 0 Å². The lowest BCUT2D eigenvalue weighted by Gasteiger charge is -2.09. The third-order valence-corrected chi connectivity index (χ3v) is 3.83. The van der Waals surface area contributed by atoms with Gasteiger partial charge in [0, 0.05) is 18.8 Å². The number of hydrogen-bond donors (Lipinski definition) is 0. The van der Waals surface area contributed by atoms with Crippen LogP contribution in [0.5, 0.6) is 0 Å². The number of imidazole rings is 1. The maximum atomic E-state index is 5.87. The van der Waals surface area contributed by atoms with Crippen molar-refractivity contribution < 1.29 is 0 Å². The molecule has 2 aromatic rings. The van der Waals surface area contributed by atoms with Crippen LogP contribution >= 0.6 is 11.6 Å². The molecule has 1 atom stereocenters. The second kappa shape index (κ2) is 6.24. The lowest BCUT2D eigenvalue weighted by Crippen LogP contribution is -2.06. The molecule has 0 radical (unpaired) electrons. The van der Waals surface area contributed by atoms with Gasteiger partial charge in [-0.25, -0.2) is 4.98 Å². The summed E-state index contributed by atoms with van der Waals surface area (Å²) in [5, 5.41) is 0. The Morgan fingerprint density at radius 3 is 2.83 bits per heavy atom. The number of para-hydroxylation sites is 2. The number of benzene rings is 1. The molecule has 0 aliphatic carbocycles. The first-order valence-electron chi connectivity index (χ1n) is 6.76. The SMILES string of the molecule is CCCn1c(CCC(C)CCl)nc2ccccc21. The van der Waals surface area contributed by atoms with E-state index in [4.69, 9.17) is 16.6 Å². The number of hydrogen-bond acceptors (Lipinski definition) is 1. The number of fused-ring (bicyclic) bond motifs is 1. The Balaban J connectivity index is 2.27. The van der Waals surface area contributed by atoms with Gasteiger partial charge in [0.05, 0.1) is 11.0 Å². The lowest BCUT2D eigenvalue weighted by atomic mass is 10.1. The molecule has 0 spiro atoms. The lowest BCUT2D eigenvalue weighted by molar-refractivity contribution is 0.558. The second-order valence-corrected chi connectivity index (χ2v) is 5.28. The van der Waals surface area contributed by atoms with Gasteiger partial charge in [-0.05, 0) is 30.9 Å². The first-order chi connectivity index (χ1) is 8.76. The zero-order chi connectivity index (χ0) is 13.0. The molecule has 0 bridgehead atoms. The van der Waals surface area contributed by atoms with Crippen LogP contribution in [0.1, 0.15) is 32.5 Å². The van der Waals surface area contributed by atoms with Crippen LogP contribution in [0.4, 0.5) is 0 Å². The molecule has 0 amide bonds. The van der Waals surface area contributed by atoms with Crippen LogP contribution in [0, 0.1) is 5.92 Å². The summed E-state index contributed by atoms with van der Waals surface area (Å²) in [5.41, 5.74) is 2.37. The van der Waals surface area contributed by atoms with E-state index in [9.17, 15) is 0 Å². The standard InChI is InChI=1S/C15H21ClN2/c1-3-10-18-14-7-5-4-6-13(14)17-15(18)9-8-12(2)11-16/h4-7,12H,3,8-11H2,1-2H3. The number of alkyl halides is 1. The molecule has 2 rings (SSSR count). The molecule has 98 valence electrons. The van der Waals surface area contributed by atoms with Gasteiger partial charge < -0.3 is 4.57 Å². The zero-order valence-corrected chi connectivity index (χ0v) is 12.0. The van der Waals surface area contributed by atoms with E-state index >= 15 is 0 Å². The number of nitrogens with zero attached hydrogens (tertiary/aromatic N) is 2. The minimum atomic E-state index is 0.557. The van der Waals surface area contributed by atoms with E-state index in [-0.39, 0.29) is 0 Å². The summed E-state index contributed by atoms with van der Waals surface area (Å²) in [7, 11) is 0. The quantitative estimate of drug-likeness (QED) is 0.713. The summed E-state index contributed by atoms with van der Waals surface area (Å²) in [5.74, 6) is 2.49. The van der Waals surface area contributed by atoms with Gasteiger partial charge in [-0.2, -0.15) is 0 Å². The normalized spacial score (nSPS) is 13.1. The Bertz CT molecular complexity index is 504. The van der Waals surface area contributed by atoms with Gasteiger partial charge in [-0.3, -0.25) is 0 Å². The Morgan fingerprint density at radius 1 is 1.33 bits per heavy atom. The molecule has 1 unspecified atom stereocenters. The molecule has 2 nitrogen and oxygen atoms in total. The van der Waals surface area contributed by atoms with Crippen LogP contribution in [0.15, 0.2) is 24.3 Å². The predicted molar refractivity (Wildman–Crippen MR) is 78.2 cm³/mol. The van der Waals surface area contributed by atoms with E-state index in [0.717, 1.165) is 37.2 Å². The first kappa shape index (κ1) is 13.4. The third-order valence-electron chi connectivity index (χ3n) is 3.30. The van der Waals surface area contributed by atoms with E-state index in [1.807, 2.05) is 0 Å². The molecule has 0 fully saturated rings. The van der Waals surface area contributed by atoms with Gasteiger partial charge >= 0.3 is 0 Å². The zero-order valence-electron chi connectivity index (χ0n) is 11.2. The van der Waals surface area contributed by atoms with Crippen LogP contribution in [0.25, 0.3) is 11.0 Å². The molecule has 18 heavy (non-hydrogen) atoms. The molecule has 1 aromatic heterocycles. The predicted octanol–water partition coefficient (Wildman–Crippen LogP) is 4.25. The van der Waals surface area contributed by atoms with E-state index < -0.39 is 0 Å². The summed E-state index contributed by atoms with van der Waals surface area (Å²) >= 11 is 5.87. The van der Waals surface area contributed by atoms with Crippen molar-refractivity contribution in [1.82, 2.24) is 9.55 Å². The van der Waals surface area contributed by atoms with Gasteiger partial charge in [0.1, 0.15) is 5.82 Å². The highest BCUT2D eigenvalue weighted by atomic mass is 35.5. The third kappa shape index (κ3) is 2.86. The number of halogens is 1. The van der Waals surface area contributed by atoms with Crippen LogP contribution in [0.3, 0.4) is 0 Å². The van der Waals surface area contributed by atoms with Crippen molar-refractivity contribution in [3.05, 3.63) is 30.1 Å². The minimum Gasteiger partial charge on any atom is -0.328 e. The topological polar surface area (TPSA) is 17.8 Å². The van der Waals surface area contributed by atoms with Crippen molar-refractivity contribution in [2.45, 2.75) is 39.7 Å². The highest BCUT2D eigenvalue weighted by molar-refractivity contribution is 6.18. The molecule has 3 heteroatoms. The average Bonchev–Trinajstić information content (AvgIpc) is 2.75. The fourth-order valence-electron chi connectivity index (χ4n) is 2.24. The largest absolute Gasteiger partial charge is 0.328 e. The molecule has 1 aromatic carbocycles. The summed E-state index contributed by atoms with van der Waals surface area (Å²) in [6, 6.07) is 8.39. The van der Waals surface area contributed by atoms with Crippen LogP contribution in [-0.2, 0) is 13.0 Å². The minimum absolute atomic E-state index is 0.557. The smallest absolute Gasteiger partial charge is 0.109 e. The molecule has 0 saturated carbocycles. The van der Waals surface area contributed by atoms with Gasteiger partial charge in [0.25, 0.3) is 0 Å². The van der Waals surface area contributed by atoms with E-state index in [1.165, 1.54) is 11.3 Å². The fraction of sp³-hybridized carbons (Fsp3) is 0.533. The first-order valence-corrected chi connectivity index (χ1v) is 7.29. The van der Waals surface area contributed by atoms with Crippen LogP contribution in [0.2, 0.25) is 0 Å². The average molecular weight is 265 g/mol. The summed E-state index contributed by atoms with van der Waals surface area (Å²) < 4.78 is 2.36. The highest BCUT2D eigenvalue weighted by Gasteiger charge is 2.10. The van der Waals surface area contributed by atoms with Gasteiger partial charge in [0.15, 0.2) is 0 Å².